The summed E-state index contributed by atoms with van der Waals surface area (Å²) in [5.74, 6) is 0.430. The second-order valence-electron chi connectivity index (χ2n) is 5.95. The summed E-state index contributed by atoms with van der Waals surface area (Å²) in [7, 11) is 1.42. The molecule has 0 amide bonds. The highest BCUT2D eigenvalue weighted by molar-refractivity contribution is 5.79. The summed E-state index contributed by atoms with van der Waals surface area (Å²) < 4.78 is 17.9. The predicted octanol–water partition coefficient (Wildman–Crippen LogP) is 3.31. The van der Waals surface area contributed by atoms with Crippen molar-refractivity contribution in [3.63, 3.8) is 0 Å². The first-order valence-corrected chi connectivity index (χ1v) is 8.90. The van der Waals surface area contributed by atoms with E-state index < -0.39 is 0 Å². The van der Waals surface area contributed by atoms with Gasteiger partial charge in [0.2, 0.25) is 0 Å². The molecule has 25 heavy (non-hydrogen) atoms. The van der Waals surface area contributed by atoms with Gasteiger partial charge >= 0.3 is 5.97 Å². The Hall–Kier alpha value is -2.11. The third-order valence-corrected chi connectivity index (χ3v) is 3.81. The fourth-order valence-electron chi connectivity index (χ4n) is 2.37. The molecule has 0 heterocycles. The fourth-order valence-corrected chi connectivity index (χ4v) is 2.37. The van der Waals surface area contributed by atoms with E-state index in [9.17, 15) is 9.18 Å². The molecule has 1 rings (SSSR count). The Morgan fingerprint density at radius 2 is 1.96 bits per heavy atom. The number of esters is 1. The summed E-state index contributed by atoms with van der Waals surface area (Å²) in [5, 5.41) is 6.51. The van der Waals surface area contributed by atoms with Gasteiger partial charge in [0.25, 0.3) is 0 Å². The van der Waals surface area contributed by atoms with E-state index in [0.717, 1.165) is 50.3 Å². The number of hydrogen-bond acceptors (Lipinski definition) is 3. The standard InChI is InChI=1S/C19H30FN3O2/c1-4-21-19(22-12-8-6-5-7-9-18(24)25-3)23-14-16-10-11-17(20)15(2)13-16/h10-11,13H,4-9,12,14H2,1-3H3,(H2,21,22,23). The average Bonchev–Trinajstić information content (AvgIpc) is 2.61. The zero-order valence-electron chi connectivity index (χ0n) is 15.5. The molecule has 0 aliphatic carbocycles. The summed E-state index contributed by atoms with van der Waals surface area (Å²) in [5.41, 5.74) is 1.62. The molecule has 0 unspecified atom stereocenters. The molecule has 0 radical (unpaired) electrons. The Balaban J connectivity index is 2.31. The van der Waals surface area contributed by atoms with Gasteiger partial charge < -0.3 is 15.4 Å². The van der Waals surface area contributed by atoms with Gasteiger partial charge in [-0.3, -0.25) is 4.79 Å². The predicted molar refractivity (Wildman–Crippen MR) is 99.1 cm³/mol. The van der Waals surface area contributed by atoms with Gasteiger partial charge in [0.05, 0.1) is 13.7 Å². The lowest BCUT2D eigenvalue weighted by Gasteiger charge is -2.11. The van der Waals surface area contributed by atoms with Crippen LogP contribution < -0.4 is 10.6 Å². The van der Waals surface area contributed by atoms with Crippen LogP contribution in [0.3, 0.4) is 0 Å². The van der Waals surface area contributed by atoms with Crippen LogP contribution in [0.25, 0.3) is 0 Å². The number of carbonyl (C=O) groups excluding carboxylic acids is 1. The summed E-state index contributed by atoms with van der Waals surface area (Å²) in [6, 6.07) is 5.06. The monoisotopic (exact) mass is 351 g/mol. The minimum absolute atomic E-state index is 0.143. The number of methoxy groups -OCH3 is 1. The molecule has 0 spiro atoms. The molecule has 1 aromatic carbocycles. The maximum absolute atomic E-state index is 13.3. The molecule has 2 N–H and O–H groups in total. The van der Waals surface area contributed by atoms with Crippen LogP contribution in [0.1, 0.15) is 50.2 Å². The van der Waals surface area contributed by atoms with Crippen LogP contribution in [-0.4, -0.2) is 32.1 Å². The zero-order valence-corrected chi connectivity index (χ0v) is 15.5. The van der Waals surface area contributed by atoms with Crippen molar-refractivity contribution in [3.8, 4) is 0 Å². The molecule has 140 valence electrons. The topological polar surface area (TPSA) is 62.7 Å². The smallest absolute Gasteiger partial charge is 0.305 e. The number of halogens is 1. The van der Waals surface area contributed by atoms with Crippen molar-refractivity contribution >= 4 is 11.9 Å². The Morgan fingerprint density at radius 3 is 2.64 bits per heavy atom. The van der Waals surface area contributed by atoms with Crippen LogP contribution in [0.2, 0.25) is 0 Å². The van der Waals surface area contributed by atoms with Crippen LogP contribution in [0.15, 0.2) is 23.2 Å². The molecule has 0 aliphatic heterocycles. The second-order valence-corrected chi connectivity index (χ2v) is 5.95. The van der Waals surface area contributed by atoms with E-state index >= 15 is 0 Å². The van der Waals surface area contributed by atoms with Crippen LogP contribution in [0, 0.1) is 12.7 Å². The molecule has 5 nitrogen and oxygen atoms in total. The van der Waals surface area contributed by atoms with E-state index in [0.29, 0.717) is 18.5 Å². The lowest BCUT2D eigenvalue weighted by Crippen LogP contribution is -2.37. The third kappa shape index (κ3) is 9.08. The number of carbonyl (C=O) groups is 1. The van der Waals surface area contributed by atoms with E-state index in [2.05, 4.69) is 20.4 Å². The van der Waals surface area contributed by atoms with Crippen LogP contribution in [0.4, 0.5) is 4.39 Å². The van der Waals surface area contributed by atoms with Gasteiger partial charge in [-0.05, 0) is 43.9 Å². The van der Waals surface area contributed by atoms with E-state index in [1.165, 1.54) is 13.2 Å². The molecule has 0 fully saturated rings. The largest absolute Gasteiger partial charge is 0.469 e. The van der Waals surface area contributed by atoms with E-state index in [4.69, 9.17) is 0 Å². The number of rotatable bonds is 10. The van der Waals surface area contributed by atoms with Crippen LogP contribution >= 0.6 is 0 Å². The molecule has 0 saturated heterocycles. The number of aliphatic imine (C=N–C) groups is 1. The first-order valence-electron chi connectivity index (χ1n) is 8.90. The highest BCUT2D eigenvalue weighted by atomic mass is 19.1. The first kappa shape index (κ1) is 20.9. The number of unbranched alkanes of at least 4 members (excludes halogenated alkanes) is 3. The lowest BCUT2D eigenvalue weighted by atomic mass is 10.1. The molecule has 6 heteroatoms. The second kappa shape index (κ2) is 12.3. The highest BCUT2D eigenvalue weighted by Gasteiger charge is 2.01. The molecule has 0 aromatic heterocycles. The number of guanidine groups is 1. The maximum atomic E-state index is 13.3. The van der Waals surface area contributed by atoms with Crippen LogP contribution in [-0.2, 0) is 16.1 Å². The van der Waals surface area contributed by atoms with Crippen molar-refractivity contribution in [2.75, 3.05) is 20.2 Å². The summed E-state index contributed by atoms with van der Waals surface area (Å²) in [6.07, 6.45) is 4.44. The molecule has 0 atom stereocenters. The van der Waals surface area contributed by atoms with Gasteiger partial charge in [-0.2, -0.15) is 0 Å². The maximum Gasteiger partial charge on any atom is 0.305 e. The number of nitrogens with one attached hydrogen (secondary N) is 2. The molecular formula is C19H30FN3O2. The quantitative estimate of drug-likeness (QED) is 0.294. The Bertz CT molecular complexity index is 562. The lowest BCUT2D eigenvalue weighted by molar-refractivity contribution is -0.140. The normalized spacial score (nSPS) is 11.3. The molecule has 0 saturated carbocycles. The Labute approximate surface area is 150 Å². The first-order chi connectivity index (χ1) is 12.1. The number of aryl methyl sites for hydroxylation is 1. The van der Waals surface area contributed by atoms with Gasteiger partial charge in [-0.25, -0.2) is 9.38 Å². The molecular weight excluding hydrogens is 321 g/mol. The third-order valence-electron chi connectivity index (χ3n) is 3.81. The fraction of sp³-hybridized carbons (Fsp3) is 0.579. The molecule has 0 bridgehead atoms. The Kier molecular flexibility index (Phi) is 10.3. The minimum Gasteiger partial charge on any atom is -0.469 e. The minimum atomic E-state index is -0.190. The van der Waals surface area contributed by atoms with Gasteiger partial charge in [-0.1, -0.05) is 25.0 Å². The summed E-state index contributed by atoms with van der Waals surface area (Å²) >= 11 is 0. The van der Waals surface area contributed by atoms with Crippen molar-refractivity contribution in [3.05, 3.63) is 35.1 Å². The van der Waals surface area contributed by atoms with E-state index in [1.54, 1.807) is 13.0 Å². The van der Waals surface area contributed by atoms with E-state index in [-0.39, 0.29) is 11.8 Å². The zero-order chi connectivity index (χ0) is 18.5. The van der Waals surface area contributed by atoms with Gasteiger partial charge in [0.1, 0.15) is 5.82 Å². The van der Waals surface area contributed by atoms with Crippen molar-refractivity contribution in [1.82, 2.24) is 10.6 Å². The number of nitrogens with zero attached hydrogens (tertiary/aromatic N) is 1. The Morgan fingerprint density at radius 1 is 1.20 bits per heavy atom. The van der Waals surface area contributed by atoms with Crippen molar-refractivity contribution < 1.29 is 13.9 Å². The molecule has 1 aromatic rings. The van der Waals surface area contributed by atoms with Crippen molar-refractivity contribution in [2.24, 2.45) is 4.99 Å². The summed E-state index contributed by atoms with van der Waals surface area (Å²) in [6.45, 7) is 5.90. The van der Waals surface area contributed by atoms with Gasteiger partial charge in [0.15, 0.2) is 5.96 Å². The highest BCUT2D eigenvalue weighted by Crippen LogP contribution is 2.10. The van der Waals surface area contributed by atoms with Crippen LogP contribution in [0.5, 0.6) is 0 Å². The van der Waals surface area contributed by atoms with Gasteiger partial charge in [-0.15, -0.1) is 0 Å². The van der Waals surface area contributed by atoms with Gasteiger partial charge in [0, 0.05) is 19.5 Å². The number of benzene rings is 1. The number of hydrogen-bond donors (Lipinski definition) is 2. The van der Waals surface area contributed by atoms with E-state index in [1.807, 2.05) is 13.0 Å². The van der Waals surface area contributed by atoms with Crippen molar-refractivity contribution in [2.45, 2.75) is 52.5 Å². The van der Waals surface area contributed by atoms with Crippen molar-refractivity contribution in [1.29, 1.82) is 0 Å². The average molecular weight is 351 g/mol. The summed E-state index contributed by atoms with van der Waals surface area (Å²) in [4.78, 5) is 15.5. The number of ether oxygens (including phenoxy) is 1. The molecule has 0 aliphatic rings. The SMILES string of the molecule is CCNC(=NCc1ccc(F)c(C)c1)NCCCCCCC(=O)OC.